The fraction of sp³-hybridized carbons (Fsp3) is 0.818. The van der Waals surface area contributed by atoms with E-state index in [0.717, 1.165) is 39.1 Å². The van der Waals surface area contributed by atoms with E-state index in [1.54, 1.807) is 7.11 Å². The Balaban J connectivity index is 3.10. The predicted molar refractivity (Wildman–Crippen MR) is 59.6 cm³/mol. The molecule has 0 heterocycles. The van der Waals surface area contributed by atoms with E-state index in [9.17, 15) is 0 Å². The van der Waals surface area contributed by atoms with Crippen LogP contribution in [0.5, 0.6) is 0 Å². The molecule has 0 aromatic carbocycles. The van der Waals surface area contributed by atoms with Crippen LogP contribution in [0.25, 0.3) is 0 Å². The molecule has 84 valence electrons. The second-order valence-corrected chi connectivity index (χ2v) is 3.31. The Morgan fingerprint density at radius 2 is 2.21 bits per heavy atom. The Kier molecular flexibility index (Phi) is 10.4. The maximum absolute atomic E-state index is 5.57. The second kappa shape index (κ2) is 10.7. The van der Waals surface area contributed by atoms with E-state index < -0.39 is 0 Å². The van der Waals surface area contributed by atoms with E-state index in [0.29, 0.717) is 0 Å². The van der Waals surface area contributed by atoms with Crippen molar-refractivity contribution in [2.75, 3.05) is 33.4 Å². The molecule has 0 saturated carbocycles. The van der Waals surface area contributed by atoms with Gasteiger partial charge in [-0.25, -0.2) is 0 Å². The third kappa shape index (κ3) is 9.71. The average molecular weight is 201 g/mol. The Labute approximate surface area is 87.5 Å². The van der Waals surface area contributed by atoms with Gasteiger partial charge in [-0.1, -0.05) is 6.08 Å². The van der Waals surface area contributed by atoms with Crippen LogP contribution < -0.4 is 5.32 Å². The molecule has 0 fully saturated rings. The normalized spacial score (nSPS) is 12.7. The van der Waals surface area contributed by atoms with Crippen LogP contribution in [0.3, 0.4) is 0 Å². The zero-order valence-electron chi connectivity index (χ0n) is 9.42. The first-order valence-electron chi connectivity index (χ1n) is 5.23. The average Bonchev–Trinajstić information content (AvgIpc) is 2.19. The molecule has 0 aliphatic carbocycles. The van der Waals surface area contributed by atoms with Crippen LogP contribution in [-0.4, -0.2) is 39.5 Å². The topological polar surface area (TPSA) is 30.5 Å². The minimum absolute atomic E-state index is 0.275. The van der Waals surface area contributed by atoms with E-state index >= 15 is 0 Å². The minimum atomic E-state index is 0.275. The maximum Gasteiger partial charge on any atom is 0.0671 e. The Hall–Kier alpha value is -0.380. The molecule has 0 aromatic heterocycles. The molecule has 0 aliphatic heterocycles. The molecule has 14 heavy (non-hydrogen) atoms. The van der Waals surface area contributed by atoms with Gasteiger partial charge in [0.2, 0.25) is 0 Å². The molecular formula is C11H23NO2. The standard InChI is InChI=1S/C11H23NO2/c1-4-5-6-8-14-11(2)10-12-7-9-13-3/h4,11-12H,1,5-10H2,2-3H3. The highest BCUT2D eigenvalue weighted by atomic mass is 16.5. The zero-order valence-corrected chi connectivity index (χ0v) is 9.42. The van der Waals surface area contributed by atoms with E-state index in [1.807, 2.05) is 6.08 Å². The fourth-order valence-electron chi connectivity index (χ4n) is 1.05. The molecule has 0 amide bonds. The molecule has 0 aromatic rings. The maximum atomic E-state index is 5.57. The molecule has 3 heteroatoms. The van der Waals surface area contributed by atoms with Gasteiger partial charge in [0.25, 0.3) is 0 Å². The smallest absolute Gasteiger partial charge is 0.0671 e. The van der Waals surface area contributed by atoms with Gasteiger partial charge in [0.1, 0.15) is 0 Å². The van der Waals surface area contributed by atoms with Gasteiger partial charge in [-0.2, -0.15) is 0 Å². The Morgan fingerprint density at radius 1 is 1.43 bits per heavy atom. The number of unbranched alkanes of at least 4 members (excludes halogenated alkanes) is 1. The first kappa shape index (κ1) is 13.6. The van der Waals surface area contributed by atoms with E-state index in [-0.39, 0.29) is 6.10 Å². The van der Waals surface area contributed by atoms with E-state index in [1.165, 1.54) is 0 Å². The van der Waals surface area contributed by atoms with Crippen molar-refractivity contribution < 1.29 is 9.47 Å². The number of hydrogen-bond donors (Lipinski definition) is 1. The van der Waals surface area contributed by atoms with Crippen LogP contribution in [-0.2, 0) is 9.47 Å². The van der Waals surface area contributed by atoms with Crippen LogP contribution in [0.2, 0.25) is 0 Å². The highest BCUT2D eigenvalue weighted by molar-refractivity contribution is 4.65. The number of methoxy groups -OCH3 is 1. The number of hydrogen-bond acceptors (Lipinski definition) is 3. The van der Waals surface area contributed by atoms with Crippen LogP contribution >= 0.6 is 0 Å². The molecule has 0 bridgehead atoms. The van der Waals surface area contributed by atoms with Gasteiger partial charge in [0, 0.05) is 26.8 Å². The van der Waals surface area contributed by atoms with Crippen molar-refractivity contribution in [2.24, 2.45) is 0 Å². The van der Waals surface area contributed by atoms with Crippen molar-refractivity contribution in [3.8, 4) is 0 Å². The largest absolute Gasteiger partial charge is 0.383 e. The van der Waals surface area contributed by atoms with Crippen LogP contribution in [0.4, 0.5) is 0 Å². The van der Waals surface area contributed by atoms with Crippen molar-refractivity contribution in [1.29, 1.82) is 0 Å². The first-order chi connectivity index (χ1) is 6.81. The lowest BCUT2D eigenvalue weighted by Gasteiger charge is -2.13. The summed E-state index contributed by atoms with van der Waals surface area (Å²) >= 11 is 0. The van der Waals surface area contributed by atoms with Crippen molar-refractivity contribution in [3.05, 3.63) is 12.7 Å². The highest BCUT2D eigenvalue weighted by Gasteiger charge is 1.99. The molecule has 0 aliphatic rings. The first-order valence-corrected chi connectivity index (χ1v) is 5.23. The highest BCUT2D eigenvalue weighted by Crippen LogP contribution is 1.94. The lowest BCUT2D eigenvalue weighted by Crippen LogP contribution is -2.29. The Bertz CT molecular complexity index is 128. The third-order valence-corrected chi connectivity index (χ3v) is 1.87. The summed E-state index contributed by atoms with van der Waals surface area (Å²) in [6.07, 6.45) is 4.29. The van der Waals surface area contributed by atoms with Gasteiger partial charge in [-0.3, -0.25) is 0 Å². The summed E-state index contributed by atoms with van der Waals surface area (Å²) in [5.41, 5.74) is 0. The van der Waals surface area contributed by atoms with Crippen molar-refractivity contribution in [1.82, 2.24) is 5.32 Å². The third-order valence-electron chi connectivity index (χ3n) is 1.87. The lowest BCUT2D eigenvalue weighted by atomic mass is 10.3. The summed E-state index contributed by atoms with van der Waals surface area (Å²) in [5.74, 6) is 0. The van der Waals surface area contributed by atoms with E-state index in [2.05, 4.69) is 18.8 Å². The molecule has 0 radical (unpaired) electrons. The van der Waals surface area contributed by atoms with E-state index in [4.69, 9.17) is 9.47 Å². The molecule has 0 spiro atoms. The quantitative estimate of drug-likeness (QED) is 0.430. The lowest BCUT2D eigenvalue weighted by molar-refractivity contribution is 0.0633. The molecule has 1 atom stereocenters. The van der Waals surface area contributed by atoms with Gasteiger partial charge < -0.3 is 14.8 Å². The second-order valence-electron chi connectivity index (χ2n) is 3.31. The number of rotatable bonds is 10. The van der Waals surface area contributed by atoms with Crippen molar-refractivity contribution in [3.63, 3.8) is 0 Å². The monoisotopic (exact) mass is 201 g/mol. The van der Waals surface area contributed by atoms with Crippen LogP contribution in [0.1, 0.15) is 19.8 Å². The minimum Gasteiger partial charge on any atom is -0.383 e. The zero-order chi connectivity index (χ0) is 10.6. The fourth-order valence-corrected chi connectivity index (χ4v) is 1.05. The number of ether oxygens (including phenoxy) is 2. The SMILES string of the molecule is C=CCCCOC(C)CNCCOC. The van der Waals surface area contributed by atoms with Crippen molar-refractivity contribution >= 4 is 0 Å². The Morgan fingerprint density at radius 3 is 2.86 bits per heavy atom. The number of allylic oxidation sites excluding steroid dienone is 1. The number of nitrogens with one attached hydrogen (secondary N) is 1. The van der Waals surface area contributed by atoms with Crippen LogP contribution in [0.15, 0.2) is 12.7 Å². The molecule has 1 unspecified atom stereocenters. The summed E-state index contributed by atoms with van der Waals surface area (Å²) in [5, 5.41) is 3.26. The van der Waals surface area contributed by atoms with Gasteiger partial charge in [-0.15, -0.1) is 6.58 Å². The van der Waals surface area contributed by atoms with Gasteiger partial charge in [-0.05, 0) is 19.8 Å². The van der Waals surface area contributed by atoms with Crippen molar-refractivity contribution in [2.45, 2.75) is 25.9 Å². The van der Waals surface area contributed by atoms with Crippen LogP contribution in [0, 0.1) is 0 Å². The summed E-state index contributed by atoms with van der Waals surface area (Å²) in [7, 11) is 1.71. The summed E-state index contributed by atoms with van der Waals surface area (Å²) in [4.78, 5) is 0. The van der Waals surface area contributed by atoms with Gasteiger partial charge in [0.05, 0.1) is 12.7 Å². The molecule has 1 N–H and O–H groups in total. The summed E-state index contributed by atoms with van der Waals surface area (Å²) < 4.78 is 10.5. The van der Waals surface area contributed by atoms with Gasteiger partial charge >= 0.3 is 0 Å². The summed E-state index contributed by atoms with van der Waals surface area (Å²) in [6.45, 7) is 9.09. The molecular weight excluding hydrogens is 178 g/mol. The summed E-state index contributed by atoms with van der Waals surface area (Å²) in [6, 6.07) is 0. The molecule has 3 nitrogen and oxygen atoms in total. The molecule has 0 rings (SSSR count). The molecule has 0 saturated heterocycles. The predicted octanol–water partition coefficient (Wildman–Crippen LogP) is 1.59. The van der Waals surface area contributed by atoms with Gasteiger partial charge in [0.15, 0.2) is 0 Å².